The smallest absolute Gasteiger partial charge is 0.464 e. The van der Waals surface area contributed by atoms with Crippen LogP contribution in [0.3, 0.4) is 0 Å². The fraction of sp³-hybridized carbons (Fsp3) is 0.375. The lowest BCUT2D eigenvalue weighted by Crippen LogP contribution is -2.37. The van der Waals surface area contributed by atoms with Crippen molar-refractivity contribution in [2.75, 3.05) is 38.3 Å². The second-order valence-electron chi connectivity index (χ2n) is 5.45. The summed E-state index contributed by atoms with van der Waals surface area (Å²) in [6, 6.07) is 5.20. The van der Waals surface area contributed by atoms with E-state index in [1.807, 2.05) is 4.90 Å². The van der Waals surface area contributed by atoms with Crippen molar-refractivity contribution >= 4 is 11.8 Å². The molecule has 3 rings (SSSR count). The lowest BCUT2D eigenvalue weighted by Gasteiger charge is -2.27. The van der Waals surface area contributed by atoms with E-state index in [1.165, 1.54) is 31.4 Å². The average molecular weight is 371 g/mol. The highest BCUT2D eigenvalue weighted by molar-refractivity contribution is 5.94. The van der Waals surface area contributed by atoms with Gasteiger partial charge >= 0.3 is 12.3 Å². The summed E-state index contributed by atoms with van der Waals surface area (Å²) in [5, 5.41) is 0. The minimum atomic E-state index is -4.76. The van der Waals surface area contributed by atoms with Crippen molar-refractivity contribution in [2.45, 2.75) is 6.36 Å². The zero-order valence-corrected chi connectivity index (χ0v) is 13.8. The van der Waals surface area contributed by atoms with E-state index in [0.29, 0.717) is 43.5 Å². The molecule has 2 aromatic rings. The molecular formula is C16H16F3N3O4. The molecule has 0 unspecified atom stereocenters. The molecule has 0 saturated carbocycles. The Morgan fingerprint density at radius 1 is 1.23 bits per heavy atom. The summed E-state index contributed by atoms with van der Waals surface area (Å²) < 4.78 is 50.7. The number of esters is 1. The predicted octanol–water partition coefficient (Wildman–Crippen LogP) is 2.60. The number of alkyl halides is 3. The quantitative estimate of drug-likeness (QED) is 0.833. The van der Waals surface area contributed by atoms with Crippen molar-refractivity contribution in [3.8, 4) is 17.1 Å². The summed E-state index contributed by atoms with van der Waals surface area (Å²) in [4.78, 5) is 21.2. The van der Waals surface area contributed by atoms with Crippen LogP contribution in [0, 0.1) is 0 Å². The Balaban J connectivity index is 1.90. The number of rotatable bonds is 4. The number of morpholine rings is 1. The number of carbonyl (C=O) groups excluding carboxylic acids is 1. The fourth-order valence-corrected chi connectivity index (χ4v) is 2.56. The second kappa shape index (κ2) is 7.24. The first kappa shape index (κ1) is 18.1. The van der Waals surface area contributed by atoms with Crippen molar-refractivity contribution in [1.29, 1.82) is 0 Å². The van der Waals surface area contributed by atoms with E-state index in [4.69, 9.17) is 9.47 Å². The number of benzene rings is 1. The highest BCUT2D eigenvalue weighted by Gasteiger charge is 2.31. The molecule has 1 aromatic heterocycles. The molecule has 0 atom stereocenters. The molecule has 1 saturated heterocycles. The van der Waals surface area contributed by atoms with Gasteiger partial charge in [-0.3, -0.25) is 0 Å². The van der Waals surface area contributed by atoms with Crippen molar-refractivity contribution in [3.05, 3.63) is 30.0 Å². The number of anilines is 1. The molecule has 7 nitrogen and oxygen atoms in total. The molecule has 0 radical (unpaired) electrons. The molecule has 1 aliphatic rings. The maximum absolute atomic E-state index is 12.2. The van der Waals surface area contributed by atoms with E-state index >= 15 is 0 Å². The van der Waals surface area contributed by atoms with Crippen LogP contribution in [0.5, 0.6) is 5.75 Å². The second-order valence-corrected chi connectivity index (χ2v) is 5.45. The van der Waals surface area contributed by atoms with Crippen LogP contribution in [0.4, 0.5) is 19.0 Å². The summed E-state index contributed by atoms with van der Waals surface area (Å²) in [6.45, 7) is 2.14. The number of nitrogens with zero attached hydrogens (tertiary/aromatic N) is 2. The minimum Gasteiger partial charge on any atom is -0.464 e. The number of imidazole rings is 1. The van der Waals surface area contributed by atoms with Crippen molar-refractivity contribution in [1.82, 2.24) is 9.97 Å². The molecule has 1 aromatic carbocycles. The Labute approximate surface area is 146 Å². The highest BCUT2D eigenvalue weighted by Crippen LogP contribution is 2.28. The van der Waals surface area contributed by atoms with Crippen LogP contribution in [0.1, 0.15) is 10.5 Å². The highest BCUT2D eigenvalue weighted by atomic mass is 19.4. The van der Waals surface area contributed by atoms with Gasteiger partial charge in [-0.15, -0.1) is 13.2 Å². The molecule has 0 bridgehead atoms. The Morgan fingerprint density at radius 3 is 2.46 bits per heavy atom. The van der Waals surface area contributed by atoms with Gasteiger partial charge in [0.2, 0.25) is 0 Å². The first-order valence-electron chi connectivity index (χ1n) is 7.74. The Hall–Kier alpha value is -2.75. The zero-order chi connectivity index (χ0) is 18.7. The Morgan fingerprint density at radius 2 is 1.88 bits per heavy atom. The van der Waals surface area contributed by atoms with Crippen LogP contribution < -0.4 is 9.64 Å². The topological polar surface area (TPSA) is 76.7 Å². The summed E-state index contributed by atoms with van der Waals surface area (Å²) in [7, 11) is 1.26. The first-order chi connectivity index (χ1) is 12.4. The third kappa shape index (κ3) is 4.07. The van der Waals surface area contributed by atoms with Gasteiger partial charge in [-0.05, 0) is 24.3 Å². The number of hydrogen-bond donors (Lipinski definition) is 1. The van der Waals surface area contributed by atoms with Crippen LogP contribution in [0.25, 0.3) is 11.4 Å². The molecule has 1 aliphatic heterocycles. The number of halogens is 3. The summed E-state index contributed by atoms with van der Waals surface area (Å²) in [6.07, 6.45) is -4.76. The number of methoxy groups -OCH3 is 1. The van der Waals surface area contributed by atoms with Gasteiger partial charge in [0, 0.05) is 18.7 Å². The largest absolute Gasteiger partial charge is 0.573 e. The lowest BCUT2D eigenvalue weighted by molar-refractivity contribution is -0.274. The van der Waals surface area contributed by atoms with Crippen LogP contribution in [0.15, 0.2) is 24.3 Å². The molecule has 26 heavy (non-hydrogen) atoms. The summed E-state index contributed by atoms with van der Waals surface area (Å²) in [5.41, 5.74) is 0.684. The van der Waals surface area contributed by atoms with Gasteiger partial charge in [0.25, 0.3) is 0 Å². The van der Waals surface area contributed by atoms with Gasteiger partial charge in [-0.1, -0.05) is 0 Å². The van der Waals surface area contributed by atoms with Crippen molar-refractivity contribution in [3.63, 3.8) is 0 Å². The number of aromatic nitrogens is 2. The molecule has 0 spiro atoms. The van der Waals surface area contributed by atoms with E-state index in [1.54, 1.807) is 0 Å². The van der Waals surface area contributed by atoms with Crippen molar-refractivity contribution < 1.29 is 32.2 Å². The Bertz CT molecular complexity index is 768. The SMILES string of the molecule is COC(=O)c1[nH]c(-c2ccc(OC(F)(F)F)cc2)nc1N1CCOCC1. The van der Waals surface area contributed by atoms with Gasteiger partial charge in [-0.25, -0.2) is 9.78 Å². The van der Waals surface area contributed by atoms with E-state index in [9.17, 15) is 18.0 Å². The lowest BCUT2D eigenvalue weighted by atomic mass is 10.2. The average Bonchev–Trinajstić information content (AvgIpc) is 3.06. The van der Waals surface area contributed by atoms with Gasteiger partial charge in [0.1, 0.15) is 11.6 Å². The van der Waals surface area contributed by atoms with Crippen LogP contribution >= 0.6 is 0 Å². The van der Waals surface area contributed by atoms with E-state index in [2.05, 4.69) is 14.7 Å². The molecule has 1 N–H and O–H groups in total. The van der Waals surface area contributed by atoms with Crippen LogP contribution in [-0.2, 0) is 9.47 Å². The van der Waals surface area contributed by atoms with Crippen LogP contribution in [0.2, 0.25) is 0 Å². The first-order valence-corrected chi connectivity index (χ1v) is 7.74. The van der Waals surface area contributed by atoms with Crippen LogP contribution in [-0.4, -0.2) is 55.7 Å². The molecule has 10 heteroatoms. The van der Waals surface area contributed by atoms with Gasteiger partial charge in [0.15, 0.2) is 11.5 Å². The molecular weight excluding hydrogens is 355 g/mol. The monoisotopic (exact) mass is 371 g/mol. The molecule has 2 heterocycles. The molecule has 0 amide bonds. The van der Waals surface area contributed by atoms with Gasteiger partial charge in [0.05, 0.1) is 20.3 Å². The number of H-pyrrole nitrogens is 1. The van der Waals surface area contributed by atoms with Gasteiger partial charge < -0.3 is 24.1 Å². The molecule has 1 fully saturated rings. The number of aromatic amines is 1. The maximum atomic E-state index is 12.2. The number of hydrogen-bond acceptors (Lipinski definition) is 6. The third-order valence-electron chi connectivity index (χ3n) is 3.75. The number of nitrogens with one attached hydrogen (secondary N) is 1. The van der Waals surface area contributed by atoms with E-state index < -0.39 is 12.3 Å². The third-order valence-corrected chi connectivity index (χ3v) is 3.75. The zero-order valence-electron chi connectivity index (χ0n) is 13.8. The fourth-order valence-electron chi connectivity index (χ4n) is 2.56. The number of ether oxygens (including phenoxy) is 3. The standard InChI is InChI=1S/C16H16F3N3O4/c1-24-15(23)12-14(22-6-8-25-9-7-22)21-13(20-12)10-2-4-11(5-3-10)26-16(17,18)19/h2-5H,6-9H2,1H3,(H,20,21). The molecule has 140 valence electrons. The number of carbonyl (C=O) groups is 1. The van der Waals surface area contributed by atoms with Crippen molar-refractivity contribution in [2.24, 2.45) is 0 Å². The van der Waals surface area contributed by atoms with E-state index in [0.717, 1.165) is 0 Å². The normalized spacial score (nSPS) is 15.0. The molecule has 0 aliphatic carbocycles. The minimum absolute atomic E-state index is 0.181. The predicted molar refractivity (Wildman–Crippen MR) is 85.1 cm³/mol. The summed E-state index contributed by atoms with van der Waals surface area (Å²) >= 11 is 0. The van der Waals surface area contributed by atoms with Gasteiger partial charge in [-0.2, -0.15) is 0 Å². The van der Waals surface area contributed by atoms with E-state index in [-0.39, 0.29) is 11.4 Å². The summed E-state index contributed by atoms with van der Waals surface area (Å²) in [5.74, 6) is -0.159. The maximum Gasteiger partial charge on any atom is 0.573 e. The Kier molecular flexibility index (Phi) is 5.03.